The van der Waals surface area contributed by atoms with Crippen LogP contribution in [0.5, 0.6) is 0 Å². The van der Waals surface area contributed by atoms with Crippen molar-refractivity contribution in [2.45, 2.75) is 32.6 Å². The van der Waals surface area contributed by atoms with Crippen LogP contribution in [0.4, 0.5) is 0 Å². The maximum atomic E-state index is 12.3. The van der Waals surface area contributed by atoms with E-state index in [4.69, 9.17) is 4.74 Å². The van der Waals surface area contributed by atoms with Crippen LogP contribution in [-0.2, 0) is 21.4 Å². The Bertz CT molecular complexity index is 957. The first-order valence-electron chi connectivity index (χ1n) is 8.97. The second-order valence-electron chi connectivity index (χ2n) is 7.47. The Kier molecular flexibility index (Phi) is 5.99. The van der Waals surface area contributed by atoms with Gasteiger partial charge in [0.05, 0.1) is 12.1 Å². The number of carbonyl (C=O) groups is 2. The number of aromatic nitrogens is 2. The number of hydrogen-bond donors (Lipinski definition) is 0. The number of pyridine rings is 1. The molecular formula is C22H22N2O3S. The second kappa shape index (κ2) is 8.44. The molecule has 5 nitrogen and oxygen atoms in total. The van der Waals surface area contributed by atoms with Gasteiger partial charge >= 0.3 is 5.97 Å². The summed E-state index contributed by atoms with van der Waals surface area (Å²) in [5, 5.41) is 2.61. The second-order valence-corrected chi connectivity index (χ2v) is 8.33. The minimum Gasteiger partial charge on any atom is -0.457 e. The first-order valence-corrected chi connectivity index (χ1v) is 9.85. The molecule has 2 aromatic heterocycles. The molecule has 0 N–H and O–H groups in total. The lowest BCUT2D eigenvalue weighted by molar-refractivity contribution is -0.141. The van der Waals surface area contributed by atoms with Crippen LogP contribution in [0.3, 0.4) is 0 Å². The third-order valence-corrected chi connectivity index (χ3v) is 5.16. The number of carbonyl (C=O) groups excluding carboxylic acids is 2. The van der Waals surface area contributed by atoms with E-state index in [1.807, 2.05) is 29.6 Å². The summed E-state index contributed by atoms with van der Waals surface area (Å²) in [5.41, 5.74) is 3.23. The van der Waals surface area contributed by atoms with E-state index < -0.39 is 5.97 Å². The number of nitrogens with zero attached hydrogens (tertiary/aromatic N) is 2. The summed E-state index contributed by atoms with van der Waals surface area (Å²) in [7, 11) is 0. The molecule has 0 fully saturated rings. The van der Waals surface area contributed by atoms with E-state index in [-0.39, 0.29) is 24.2 Å². The molecule has 0 aliphatic carbocycles. The fourth-order valence-corrected chi connectivity index (χ4v) is 3.40. The van der Waals surface area contributed by atoms with Gasteiger partial charge in [0.1, 0.15) is 5.01 Å². The van der Waals surface area contributed by atoms with Gasteiger partial charge in [0.15, 0.2) is 12.4 Å². The van der Waals surface area contributed by atoms with Crippen LogP contribution < -0.4 is 0 Å². The summed E-state index contributed by atoms with van der Waals surface area (Å²) in [6.45, 7) is 6.07. The summed E-state index contributed by atoms with van der Waals surface area (Å²) in [5.74, 6) is -0.689. The van der Waals surface area contributed by atoms with Crippen molar-refractivity contribution < 1.29 is 14.3 Å². The van der Waals surface area contributed by atoms with Crippen LogP contribution in [0.1, 0.15) is 42.4 Å². The number of hydrogen-bond acceptors (Lipinski definition) is 6. The molecule has 0 bridgehead atoms. The molecule has 3 aromatic rings. The molecule has 0 radical (unpaired) electrons. The Labute approximate surface area is 168 Å². The van der Waals surface area contributed by atoms with Crippen LogP contribution >= 0.6 is 11.3 Å². The maximum Gasteiger partial charge on any atom is 0.312 e. The Morgan fingerprint density at radius 1 is 1.11 bits per heavy atom. The van der Waals surface area contributed by atoms with E-state index in [0.29, 0.717) is 11.3 Å². The van der Waals surface area contributed by atoms with Crippen molar-refractivity contribution in [2.24, 2.45) is 0 Å². The summed E-state index contributed by atoms with van der Waals surface area (Å²) in [6.07, 6.45) is 3.46. The minimum absolute atomic E-state index is 0.0241. The van der Waals surface area contributed by atoms with E-state index in [0.717, 1.165) is 16.1 Å². The van der Waals surface area contributed by atoms with Crippen molar-refractivity contribution >= 4 is 23.1 Å². The molecule has 0 saturated heterocycles. The van der Waals surface area contributed by atoms with Crippen LogP contribution in [0.2, 0.25) is 0 Å². The van der Waals surface area contributed by atoms with Gasteiger partial charge in [0.25, 0.3) is 0 Å². The zero-order chi connectivity index (χ0) is 20.1. The van der Waals surface area contributed by atoms with Gasteiger partial charge < -0.3 is 4.74 Å². The van der Waals surface area contributed by atoms with Crippen molar-refractivity contribution in [2.75, 3.05) is 6.61 Å². The van der Waals surface area contributed by atoms with Gasteiger partial charge in [-0.05, 0) is 23.1 Å². The summed E-state index contributed by atoms with van der Waals surface area (Å²) >= 11 is 1.44. The highest BCUT2D eigenvalue weighted by Gasteiger charge is 2.16. The highest BCUT2D eigenvalue weighted by molar-refractivity contribution is 7.13. The minimum atomic E-state index is -0.470. The Morgan fingerprint density at radius 3 is 2.50 bits per heavy atom. The van der Waals surface area contributed by atoms with Crippen LogP contribution in [-0.4, -0.2) is 28.3 Å². The first-order chi connectivity index (χ1) is 13.3. The van der Waals surface area contributed by atoms with Gasteiger partial charge in [0.2, 0.25) is 0 Å². The quantitative estimate of drug-likeness (QED) is 0.456. The molecule has 0 unspecified atom stereocenters. The number of ether oxygens (including phenoxy) is 1. The van der Waals surface area contributed by atoms with Crippen LogP contribution in [0.25, 0.3) is 10.6 Å². The highest BCUT2D eigenvalue weighted by atomic mass is 32.1. The summed E-state index contributed by atoms with van der Waals surface area (Å²) in [6, 6.07) is 11.2. The van der Waals surface area contributed by atoms with Gasteiger partial charge in [-0.1, -0.05) is 45.0 Å². The Morgan fingerprint density at radius 2 is 1.86 bits per heavy atom. The largest absolute Gasteiger partial charge is 0.457 e. The average Bonchev–Trinajstić information content (AvgIpc) is 3.14. The molecule has 0 amide bonds. The van der Waals surface area contributed by atoms with Gasteiger partial charge in [-0.3, -0.25) is 14.6 Å². The smallest absolute Gasteiger partial charge is 0.312 e. The lowest BCUT2D eigenvalue weighted by Gasteiger charge is -2.18. The zero-order valence-electron chi connectivity index (χ0n) is 16.1. The van der Waals surface area contributed by atoms with Gasteiger partial charge in [-0.15, -0.1) is 11.3 Å². The maximum absolute atomic E-state index is 12.3. The molecule has 0 aliphatic rings. The van der Waals surface area contributed by atoms with Gasteiger partial charge in [-0.25, -0.2) is 4.98 Å². The highest BCUT2D eigenvalue weighted by Crippen LogP contribution is 2.23. The number of thiazole rings is 1. The van der Waals surface area contributed by atoms with Crippen molar-refractivity contribution in [1.29, 1.82) is 0 Å². The number of esters is 1. The van der Waals surface area contributed by atoms with E-state index in [2.05, 4.69) is 30.7 Å². The molecule has 0 saturated carbocycles. The molecule has 0 spiro atoms. The molecule has 0 aliphatic heterocycles. The fraction of sp³-hybridized carbons (Fsp3) is 0.273. The molecular weight excluding hydrogens is 372 g/mol. The predicted octanol–water partition coefficient (Wildman–Crippen LogP) is 4.47. The first kappa shape index (κ1) is 19.9. The number of rotatable bonds is 6. The van der Waals surface area contributed by atoms with Crippen LogP contribution in [0, 0.1) is 0 Å². The molecule has 1 aromatic carbocycles. The molecule has 2 heterocycles. The van der Waals surface area contributed by atoms with Crippen molar-refractivity contribution in [3.63, 3.8) is 0 Å². The van der Waals surface area contributed by atoms with E-state index in [1.165, 1.54) is 11.3 Å². The van der Waals surface area contributed by atoms with E-state index >= 15 is 0 Å². The van der Waals surface area contributed by atoms with Gasteiger partial charge in [-0.2, -0.15) is 0 Å². The van der Waals surface area contributed by atoms with Crippen molar-refractivity contribution in [3.05, 3.63) is 71.0 Å². The lowest BCUT2D eigenvalue weighted by Crippen LogP contribution is -2.16. The zero-order valence-corrected chi connectivity index (χ0v) is 17.0. The van der Waals surface area contributed by atoms with E-state index in [1.54, 1.807) is 24.5 Å². The average molecular weight is 394 g/mol. The SMILES string of the molecule is CC(C)(C)c1ccc(C(=O)COC(=O)Cc2csc(-c3cccnc3)n2)cc1. The molecule has 6 heteroatoms. The summed E-state index contributed by atoms with van der Waals surface area (Å²) < 4.78 is 5.14. The number of Topliss-reactive ketones (excluding diaryl/α,β-unsaturated/α-hetero) is 1. The molecule has 28 heavy (non-hydrogen) atoms. The Balaban J connectivity index is 1.53. The molecule has 0 atom stereocenters. The van der Waals surface area contributed by atoms with Crippen molar-refractivity contribution in [1.82, 2.24) is 9.97 Å². The standard InChI is InChI=1S/C22H22N2O3S/c1-22(2,3)17-8-6-15(7-9-17)19(25)13-27-20(26)11-18-14-28-21(24-18)16-5-4-10-23-12-16/h4-10,12,14H,11,13H2,1-3H3. The van der Waals surface area contributed by atoms with Crippen molar-refractivity contribution in [3.8, 4) is 10.6 Å². The third-order valence-electron chi connectivity index (χ3n) is 4.22. The topological polar surface area (TPSA) is 69.2 Å². The third kappa shape index (κ3) is 5.10. The molecule has 144 valence electrons. The number of ketones is 1. The predicted molar refractivity (Wildman–Crippen MR) is 109 cm³/mol. The summed E-state index contributed by atoms with van der Waals surface area (Å²) in [4.78, 5) is 32.8. The Hall–Kier alpha value is -2.86. The fourth-order valence-electron chi connectivity index (χ4n) is 2.59. The van der Waals surface area contributed by atoms with Crippen LogP contribution in [0.15, 0.2) is 54.2 Å². The number of benzene rings is 1. The van der Waals surface area contributed by atoms with Gasteiger partial charge in [0, 0.05) is 28.9 Å². The normalized spacial score (nSPS) is 11.2. The van der Waals surface area contributed by atoms with E-state index in [9.17, 15) is 9.59 Å². The monoisotopic (exact) mass is 394 g/mol. The lowest BCUT2D eigenvalue weighted by atomic mass is 9.86. The molecule has 3 rings (SSSR count).